The van der Waals surface area contributed by atoms with Crippen LogP contribution in [-0.2, 0) is 4.79 Å². The van der Waals surface area contributed by atoms with E-state index >= 15 is 0 Å². The summed E-state index contributed by atoms with van der Waals surface area (Å²) in [6.45, 7) is 2.82. The molecule has 1 N–H and O–H groups in total. The molecule has 1 aromatic carbocycles. The van der Waals surface area contributed by atoms with E-state index in [9.17, 15) is 14.4 Å². The summed E-state index contributed by atoms with van der Waals surface area (Å²) in [4.78, 5) is 39.1. The van der Waals surface area contributed by atoms with Crippen LogP contribution in [0.3, 0.4) is 0 Å². The molecular formula is C15H20ClN3O3. The minimum absolute atomic E-state index is 0. The molecule has 0 fully saturated rings. The van der Waals surface area contributed by atoms with Gasteiger partial charge in [0, 0.05) is 20.1 Å². The SMILES string of the molecule is CNCCN(C)C(=O)CN1C(=O)c2ccc(C)cc2C1=O.Cl. The van der Waals surface area contributed by atoms with Gasteiger partial charge in [0.1, 0.15) is 6.54 Å². The van der Waals surface area contributed by atoms with Crippen molar-refractivity contribution in [3.05, 3.63) is 34.9 Å². The van der Waals surface area contributed by atoms with Crippen LogP contribution in [0.15, 0.2) is 18.2 Å². The fraction of sp³-hybridized carbons (Fsp3) is 0.400. The van der Waals surface area contributed by atoms with Gasteiger partial charge >= 0.3 is 0 Å². The Morgan fingerprint density at radius 1 is 1.23 bits per heavy atom. The number of hydrogen-bond donors (Lipinski definition) is 1. The molecule has 0 aromatic heterocycles. The summed E-state index contributed by atoms with van der Waals surface area (Å²) in [7, 11) is 3.45. The van der Waals surface area contributed by atoms with Gasteiger partial charge in [-0.05, 0) is 26.1 Å². The summed E-state index contributed by atoms with van der Waals surface area (Å²) in [5.74, 6) is -1.05. The van der Waals surface area contributed by atoms with Crippen LogP contribution in [0.5, 0.6) is 0 Å². The molecule has 0 unspecified atom stereocenters. The van der Waals surface area contributed by atoms with Gasteiger partial charge in [0.2, 0.25) is 5.91 Å². The number of hydrogen-bond acceptors (Lipinski definition) is 4. The van der Waals surface area contributed by atoms with Crippen LogP contribution in [0, 0.1) is 6.92 Å². The van der Waals surface area contributed by atoms with Crippen molar-refractivity contribution in [3.8, 4) is 0 Å². The zero-order valence-corrected chi connectivity index (χ0v) is 13.7. The highest BCUT2D eigenvalue weighted by Gasteiger charge is 2.36. The van der Waals surface area contributed by atoms with E-state index in [1.54, 1.807) is 32.3 Å². The van der Waals surface area contributed by atoms with Crippen molar-refractivity contribution in [2.24, 2.45) is 0 Å². The molecule has 1 aliphatic heterocycles. The maximum Gasteiger partial charge on any atom is 0.262 e. The standard InChI is InChI=1S/C15H19N3O3.ClH/c1-10-4-5-11-12(8-10)15(21)18(14(11)20)9-13(19)17(3)7-6-16-2;/h4-5,8,16H,6-7,9H2,1-3H3;1H. The molecule has 6 nitrogen and oxygen atoms in total. The van der Waals surface area contributed by atoms with Crippen LogP contribution in [0.1, 0.15) is 26.3 Å². The third kappa shape index (κ3) is 3.45. The average Bonchev–Trinajstić information content (AvgIpc) is 2.69. The molecule has 0 bridgehead atoms. The highest BCUT2D eigenvalue weighted by Crippen LogP contribution is 2.23. The highest BCUT2D eigenvalue weighted by atomic mass is 35.5. The summed E-state index contributed by atoms with van der Waals surface area (Å²) >= 11 is 0. The maximum atomic E-state index is 12.3. The summed E-state index contributed by atoms with van der Waals surface area (Å²) in [5, 5.41) is 2.94. The number of benzene rings is 1. The molecule has 1 heterocycles. The predicted octanol–water partition coefficient (Wildman–Crippen LogP) is 0.691. The topological polar surface area (TPSA) is 69.7 Å². The lowest BCUT2D eigenvalue weighted by atomic mass is 10.1. The number of carbonyl (C=O) groups is 3. The van der Waals surface area contributed by atoms with Gasteiger partial charge in [-0.15, -0.1) is 12.4 Å². The summed E-state index contributed by atoms with van der Waals surface area (Å²) in [6.07, 6.45) is 0. The summed E-state index contributed by atoms with van der Waals surface area (Å²) in [6, 6.07) is 5.11. The Hall–Kier alpha value is -1.92. The van der Waals surface area contributed by atoms with Crippen LogP contribution in [-0.4, -0.2) is 61.3 Å². The zero-order valence-electron chi connectivity index (χ0n) is 12.9. The van der Waals surface area contributed by atoms with E-state index in [4.69, 9.17) is 0 Å². The van der Waals surface area contributed by atoms with E-state index in [-0.39, 0.29) is 24.9 Å². The van der Waals surface area contributed by atoms with Crippen molar-refractivity contribution < 1.29 is 14.4 Å². The number of imide groups is 1. The van der Waals surface area contributed by atoms with Crippen molar-refractivity contribution in [1.29, 1.82) is 0 Å². The molecule has 0 atom stereocenters. The van der Waals surface area contributed by atoms with E-state index in [1.807, 2.05) is 6.92 Å². The molecule has 0 aliphatic carbocycles. The molecule has 0 spiro atoms. The van der Waals surface area contributed by atoms with E-state index in [0.717, 1.165) is 10.5 Å². The number of amides is 3. The van der Waals surface area contributed by atoms with E-state index < -0.39 is 11.8 Å². The second-order valence-electron chi connectivity index (χ2n) is 5.16. The average molecular weight is 326 g/mol. The zero-order chi connectivity index (χ0) is 15.6. The second kappa shape index (κ2) is 7.38. The molecule has 120 valence electrons. The molecule has 3 amide bonds. The van der Waals surface area contributed by atoms with Crippen LogP contribution in [0.4, 0.5) is 0 Å². The largest absolute Gasteiger partial charge is 0.343 e. The number of rotatable bonds is 5. The molecule has 22 heavy (non-hydrogen) atoms. The number of halogens is 1. The van der Waals surface area contributed by atoms with Gasteiger partial charge in [-0.3, -0.25) is 19.3 Å². The van der Waals surface area contributed by atoms with Crippen LogP contribution in [0.25, 0.3) is 0 Å². The van der Waals surface area contributed by atoms with Crippen LogP contribution >= 0.6 is 12.4 Å². The van der Waals surface area contributed by atoms with Crippen molar-refractivity contribution in [3.63, 3.8) is 0 Å². The normalized spacial score (nSPS) is 13.0. The molecule has 0 saturated carbocycles. The number of likely N-dealkylation sites (N-methyl/N-ethyl adjacent to an activating group) is 2. The predicted molar refractivity (Wildman–Crippen MR) is 85.4 cm³/mol. The quantitative estimate of drug-likeness (QED) is 0.809. The van der Waals surface area contributed by atoms with Gasteiger partial charge in [-0.1, -0.05) is 11.6 Å². The Labute approximate surface area is 135 Å². The third-order valence-corrected chi connectivity index (χ3v) is 3.54. The van der Waals surface area contributed by atoms with Crippen molar-refractivity contribution in [2.45, 2.75) is 6.92 Å². The highest BCUT2D eigenvalue weighted by molar-refractivity contribution is 6.22. The number of aryl methyl sites for hydroxylation is 1. The van der Waals surface area contributed by atoms with E-state index in [1.165, 1.54) is 4.90 Å². The third-order valence-electron chi connectivity index (χ3n) is 3.54. The molecule has 7 heteroatoms. The molecule has 0 radical (unpaired) electrons. The lowest BCUT2D eigenvalue weighted by Gasteiger charge is -2.20. The Morgan fingerprint density at radius 3 is 2.50 bits per heavy atom. The summed E-state index contributed by atoms with van der Waals surface area (Å²) < 4.78 is 0. The molecule has 1 aliphatic rings. The van der Waals surface area contributed by atoms with Gasteiger partial charge in [-0.25, -0.2) is 0 Å². The molecular weight excluding hydrogens is 306 g/mol. The lowest BCUT2D eigenvalue weighted by Crippen LogP contribution is -2.42. The van der Waals surface area contributed by atoms with E-state index in [0.29, 0.717) is 24.2 Å². The molecule has 2 rings (SSSR count). The van der Waals surface area contributed by atoms with Crippen LogP contribution < -0.4 is 5.32 Å². The Kier molecular flexibility index (Phi) is 6.08. The van der Waals surface area contributed by atoms with Gasteiger partial charge in [0.15, 0.2) is 0 Å². The maximum absolute atomic E-state index is 12.3. The first-order valence-electron chi connectivity index (χ1n) is 6.81. The molecule has 1 aromatic rings. The van der Waals surface area contributed by atoms with Crippen molar-refractivity contribution in [1.82, 2.24) is 15.1 Å². The minimum Gasteiger partial charge on any atom is -0.343 e. The van der Waals surface area contributed by atoms with Gasteiger partial charge < -0.3 is 10.2 Å². The Bertz CT molecular complexity index is 604. The second-order valence-corrected chi connectivity index (χ2v) is 5.16. The monoisotopic (exact) mass is 325 g/mol. The summed E-state index contributed by atoms with van der Waals surface area (Å²) in [5.41, 5.74) is 1.66. The Balaban J connectivity index is 0.00000242. The first kappa shape index (κ1) is 18.1. The van der Waals surface area contributed by atoms with Gasteiger partial charge in [0.25, 0.3) is 11.8 Å². The number of fused-ring (bicyclic) bond motifs is 1. The molecule has 0 saturated heterocycles. The smallest absolute Gasteiger partial charge is 0.262 e. The van der Waals surface area contributed by atoms with Crippen molar-refractivity contribution in [2.75, 3.05) is 33.7 Å². The first-order valence-corrected chi connectivity index (χ1v) is 6.81. The Morgan fingerprint density at radius 2 is 1.86 bits per heavy atom. The minimum atomic E-state index is -0.398. The fourth-order valence-electron chi connectivity index (χ4n) is 2.21. The number of nitrogens with zero attached hydrogens (tertiary/aromatic N) is 2. The van der Waals surface area contributed by atoms with Gasteiger partial charge in [0.05, 0.1) is 11.1 Å². The van der Waals surface area contributed by atoms with E-state index in [2.05, 4.69) is 5.32 Å². The number of carbonyl (C=O) groups excluding carboxylic acids is 3. The fourth-order valence-corrected chi connectivity index (χ4v) is 2.21. The van der Waals surface area contributed by atoms with Crippen LogP contribution in [0.2, 0.25) is 0 Å². The lowest BCUT2D eigenvalue weighted by molar-refractivity contribution is -0.130. The number of nitrogens with one attached hydrogen (secondary N) is 1. The van der Waals surface area contributed by atoms with Crippen molar-refractivity contribution >= 4 is 30.1 Å². The first-order chi connectivity index (χ1) is 9.95. The van der Waals surface area contributed by atoms with Gasteiger partial charge in [-0.2, -0.15) is 0 Å².